The number of aliphatic carboxylic acids is 1. The van der Waals surface area contributed by atoms with Gasteiger partial charge in [-0.3, -0.25) is 4.79 Å². The van der Waals surface area contributed by atoms with E-state index in [1.165, 1.54) is 13.2 Å². The second-order valence-corrected chi connectivity index (χ2v) is 4.60. The quantitative estimate of drug-likeness (QED) is 0.853. The van der Waals surface area contributed by atoms with Gasteiger partial charge in [0.15, 0.2) is 11.6 Å². The number of ether oxygens (including phenoxy) is 1. The molecule has 1 rings (SSSR count). The molecule has 3 nitrogen and oxygen atoms in total. The van der Waals surface area contributed by atoms with Crippen molar-refractivity contribution in [3.05, 3.63) is 35.7 Å². The zero-order valence-electron chi connectivity index (χ0n) is 11.4. The largest absolute Gasteiger partial charge is 0.494 e. The predicted octanol–water partition coefficient (Wildman–Crippen LogP) is 3.74. The summed E-state index contributed by atoms with van der Waals surface area (Å²) in [5.74, 6) is -0.843. The monoisotopic (exact) mass is 266 g/mol. The van der Waals surface area contributed by atoms with E-state index in [1.807, 2.05) is 19.9 Å². The Morgan fingerprint density at radius 1 is 1.47 bits per heavy atom. The van der Waals surface area contributed by atoms with E-state index >= 15 is 0 Å². The Kier molecular flexibility index (Phi) is 5.55. The fraction of sp³-hybridized carbons (Fsp3) is 0.400. The first kappa shape index (κ1) is 15.2. The second kappa shape index (κ2) is 6.92. The predicted molar refractivity (Wildman–Crippen MR) is 72.6 cm³/mol. The zero-order chi connectivity index (χ0) is 14.4. The number of carboxylic acid groups (broad SMARTS) is 1. The SMILES string of the molecule is COc1ccc(/C(=C/CCC(=O)O)C(C)C)cc1F. The summed E-state index contributed by atoms with van der Waals surface area (Å²) in [5.41, 5.74) is 1.71. The van der Waals surface area contributed by atoms with Gasteiger partial charge in [-0.2, -0.15) is 0 Å². The van der Waals surface area contributed by atoms with Crippen molar-refractivity contribution in [2.45, 2.75) is 26.7 Å². The highest BCUT2D eigenvalue weighted by molar-refractivity contribution is 5.70. The molecule has 0 aliphatic carbocycles. The second-order valence-electron chi connectivity index (χ2n) is 4.60. The molecule has 0 aliphatic heterocycles. The Bertz CT molecular complexity index is 478. The summed E-state index contributed by atoms with van der Waals surface area (Å²) in [5, 5.41) is 8.64. The zero-order valence-corrected chi connectivity index (χ0v) is 11.4. The molecule has 0 radical (unpaired) electrons. The van der Waals surface area contributed by atoms with E-state index in [9.17, 15) is 9.18 Å². The molecule has 0 atom stereocenters. The van der Waals surface area contributed by atoms with E-state index in [0.29, 0.717) is 6.42 Å². The average Bonchev–Trinajstić information content (AvgIpc) is 2.33. The van der Waals surface area contributed by atoms with Gasteiger partial charge in [-0.15, -0.1) is 0 Å². The lowest BCUT2D eigenvalue weighted by Crippen LogP contribution is -1.98. The molecular formula is C15H19FO3. The highest BCUT2D eigenvalue weighted by Gasteiger charge is 2.10. The first-order chi connectivity index (χ1) is 8.95. The Balaban J connectivity index is 2.99. The van der Waals surface area contributed by atoms with Gasteiger partial charge in [0.1, 0.15) is 0 Å². The Labute approximate surface area is 112 Å². The van der Waals surface area contributed by atoms with Gasteiger partial charge in [-0.05, 0) is 35.6 Å². The van der Waals surface area contributed by atoms with Crippen molar-refractivity contribution in [2.75, 3.05) is 7.11 Å². The summed E-state index contributed by atoms with van der Waals surface area (Å²) < 4.78 is 18.6. The van der Waals surface area contributed by atoms with Crippen LogP contribution in [0.1, 0.15) is 32.3 Å². The highest BCUT2D eigenvalue weighted by atomic mass is 19.1. The van der Waals surface area contributed by atoms with E-state index in [1.54, 1.807) is 12.1 Å². The summed E-state index contributed by atoms with van der Waals surface area (Å²) in [6.45, 7) is 3.99. The van der Waals surface area contributed by atoms with Crippen molar-refractivity contribution >= 4 is 11.5 Å². The van der Waals surface area contributed by atoms with E-state index in [-0.39, 0.29) is 18.1 Å². The fourth-order valence-corrected chi connectivity index (χ4v) is 1.88. The standard InChI is InChI=1S/C15H19FO3/c1-10(2)12(5-4-6-15(17)18)11-7-8-14(19-3)13(16)9-11/h5,7-10H,4,6H2,1-3H3,(H,17,18)/b12-5+. The van der Waals surface area contributed by atoms with Gasteiger partial charge in [0.05, 0.1) is 7.11 Å². The summed E-state index contributed by atoms with van der Waals surface area (Å²) in [7, 11) is 1.42. The number of carboxylic acids is 1. The van der Waals surface area contributed by atoms with Crippen molar-refractivity contribution < 1.29 is 19.0 Å². The molecule has 1 aromatic rings. The summed E-state index contributed by atoms with van der Waals surface area (Å²) in [6.07, 6.45) is 2.38. The van der Waals surface area contributed by atoms with Gasteiger partial charge in [-0.1, -0.05) is 26.0 Å². The maximum absolute atomic E-state index is 13.7. The number of halogens is 1. The molecule has 1 N–H and O–H groups in total. The van der Waals surface area contributed by atoms with Gasteiger partial charge < -0.3 is 9.84 Å². The minimum atomic E-state index is -0.833. The fourth-order valence-electron chi connectivity index (χ4n) is 1.88. The van der Waals surface area contributed by atoms with Crippen molar-refractivity contribution in [2.24, 2.45) is 5.92 Å². The molecule has 0 amide bonds. The van der Waals surface area contributed by atoms with E-state index in [2.05, 4.69) is 0 Å². The first-order valence-electron chi connectivity index (χ1n) is 6.21. The molecule has 0 saturated heterocycles. The minimum absolute atomic E-state index is 0.0782. The minimum Gasteiger partial charge on any atom is -0.494 e. The number of allylic oxidation sites excluding steroid dienone is 2. The summed E-state index contributed by atoms with van der Waals surface area (Å²) in [4.78, 5) is 10.5. The van der Waals surface area contributed by atoms with Crippen molar-refractivity contribution in [1.29, 1.82) is 0 Å². The first-order valence-corrected chi connectivity index (χ1v) is 6.21. The van der Waals surface area contributed by atoms with Crippen LogP contribution < -0.4 is 4.74 Å². The summed E-state index contributed by atoms with van der Waals surface area (Å²) >= 11 is 0. The van der Waals surface area contributed by atoms with Crippen LogP contribution in [0.2, 0.25) is 0 Å². The topological polar surface area (TPSA) is 46.5 Å². The normalized spacial score (nSPS) is 11.7. The number of benzene rings is 1. The molecule has 1 aromatic carbocycles. The van der Waals surface area contributed by atoms with Crippen LogP contribution in [0.15, 0.2) is 24.3 Å². The summed E-state index contributed by atoms with van der Waals surface area (Å²) in [6, 6.07) is 4.79. The lowest BCUT2D eigenvalue weighted by Gasteiger charge is -2.13. The van der Waals surface area contributed by atoms with Crippen LogP contribution in [0.4, 0.5) is 4.39 Å². The Hall–Kier alpha value is -1.84. The molecule has 104 valence electrons. The average molecular weight is 266 g/mol. The molecule has 0 aliphatic rings. The molecule has 0 saturated carbocycles. The lowest BCUT2D eigenvalue weighted by molar-refractivity contribution is -0.136. The van der Waals surface area contributed by atoms with Crippen LogP contribution in [-0.2, 0) is 4.79 Å². The van der Waals surface area contributed by atoms with Crippen molar-refractivity contribution in [3.8, 4) is 5.75 Å². The van der Waals surface area contributed by atoms with Crippen LogP contribution in [0, 0.1) is 11.7 Å². The third kappa shape index (κ3) is 4.39. The van der Waals surface area contributed by atoms with Gasteiger partial charge in [-0.25, -0.2) is 4.39 Å². The van der Waals surface area contributed by atoms with Gasteiger partial charge >= 0.3 is 5.97 Å². The molecular weight excluding hydrogens is 247 g/mol. The van der Waals surface area contributed by atoms with Crippen LogP contribution in [-0.4, -0.2) is 18.2 Å². The van der Waals surface area contributed by atoms with Gasteiger partial charge in [0.2, 0.25) is 0 Å². The molecule has 0 fully saturated rings. The lowest BCUT2D eigenvalue weighted by atomic mass is 9.94. The molecule has 0 aromatic heterocycles. The van der Waals surface area contributed by atoms with E-state index < -0.39 is 11.8 Å². The highest BCUT2D eigenvalue weighted by Crippen LogP contribution is 2.27. The maximum Gasteiger partial charge on any atom is 0.303 e. The van der Waals surface area contributed by atoms with Crippen LogP contribution >= 0.6 is 0 Å². The van der Waals surface area contributed by atoms with Gasteiger partial charge in [0.25, 0.3) is 0 Å². The molecule has 19 heavy (non-hydrogen) atoms. The van der Waals surface area contributed by atoms with Crippen LogP contribution in [0.3, 0.4) is 0 Å². The molecule has 0 heterocycles. The van der Waals surface area contributed by atoms with Crippen molar-refractivity contribution in [1.82, 2.24) is 0 Å². The van der Waals surface area contributed by atoms with E-state index in [0.717, 1.165) is 11.1 Å². The number of rotatable bonds is 6. The molecule has 0 spiro atoms. The third-order valence-corrected chi connectivity index (χ3v) is 2.83. The smallest absolute Gasteiger partial charge is 0.303 e. The van der Waals surface area contributed by atoms with Crippen LogP contribution in [0.5, 0.6) is 5.75 Å². The number of hydrogen-bond donors (Lipinski definition) is 1. The third-order valence-electron chi connectivity index (χ3n) is 2.83. The number of hydrogen-bond acceptors (Lipinski definition) is 2. The van der Waals surface area contributed by atoms with E-state index in [4.69, 9.17) is 9.84 Å². The van der Waals surface area contributed by atoms with Crippen molar-refractivity contribution in [3.63, 3.8) is 0 Å². The molecule has 4 heteroatoms. The Morgan fingerprint density at radius 3 is 2.63 bits per heavy atom. The molecule has 0 bridgehead atoms. The van der Waals surface area contributed by atoms with Gasteiger partial charge in [0, 0.05) is 6.42 Å². The number of carbonyl (C=O) groups is 1. The number of methoxy groups -OCH3 is 1. The Morgan fingerprint density at radius 2 is 2.16 bits per heavy atom. The molecule has 0 unspecified atom stereocenters. The van der Waals surface area contributed by atoms with Crippen LogP contribution in [0.25, 0.3) is 5.57 Å². The maximum atomic E-state index is 13.7.